The number of nitriles is 1. The molecule has 0 aromatic carbocycles. The Hall–Kier alpha value is -2.55. The molecule has 2 rings (SSSR count). The van der Waals surface area contributed by atoms with E-state index in [1.54, 1.807) is 30.1 Å². The van der Waals surface area contributed by atoms with Crippen molar-refractivity contribution in [3.8, 4) is 6.07 Å². The molecule has 2 heterocycles. The number of amides is 1. The fraction of sp³-hybridized carbons (Fsp3) is 0.438. The summed E-state index contributed by atoms with van der Waals surface area (Å²) < 4.78 is 3.79. The predicted octanol–water partition coefficient (Wildman–Crippen LogP) is 2.04. The molecule has 0 aliphatic rings. The van der Waals surface area contributed by atoms with Gasteiger partial charge in [-0.2, -0.15) is 5.26 Å². The third-order valence-corrected chi connectivity index (χ3v) is 3.49. The highest BCUT2D eigenvalue weighted by Crippen LogP contribution is 2.12. The number of aryl methyl sites for hydroxylation is 2. The van der Waals surface area contributed by atoms with Crippen LogP contribution >= 0.6 is 0 Å². The summed E-state index contributed by atoms with van der Waals surface area (Å²) >= 11 is 0. The molecule has 6 nitrogen and oxygen atoms in total. The number of carbonyl (C=O) groups excluding carboxylic acids is 1. The zero-order valence-electron chi connectivity index (χ0n) is 13.2. The summed E-state index contributed by atoms with van der Waals surface area (Å²) in [6.07, 6.45) is 6.25. The average molecular weight is 299 g/mol. The van der Waals surface area contributed by atoms with Crippen molar-refractivity contribution in [2.75, 3.05) is 6.54 Å². The van der Waals surface area contributed by atoms with Gasteiger partial charge in [0.15, 0.2) is 0 Å². The summed E-state index contributed by atoms with van der Waals surface area (Å²) in [5, 5.41) is 11.7. The van der Waals surface area contributed by atoms with E-state index in [4.69, 9.17) is 5.26 Å². The Balaban J connectivity index is 1.83. The predicted molar refractivity (Wildman–Crippen MR) is 83.4 cm³/mol. The van der Waals surface area contributed by atoms with Crippen LogP contribution in [0.15, 0.2) is 24.7 Å². The minimum Gasteiger partial charge on any atom is -0.351 e. The molecular weight excluding hydrogens is 278 g/mol. The molecule has 0 atom stereocenters. The smallest absolute Gasteiger partial charge is 0.267 e. The number of nitrogens with zero attached hydrogens (tertiary/aromatic N) is 4. The molecule has 0 fully saturated rings. The van der Waals surface area contributed by atoms with E-state index in [-0.39, 0.29) is 5.91 Å². The van der Waals surface area contributed by atoms with E-state index < -0.39 is 0 Å². The monoisotopic (exact) mass is 299 g/mol. The number of hydrogen-bond donors (Lipinski definition) is 1. The summed E-state index contributed by atoms with van der Waals surface area (Å²) in [5.74, 6) is 1.29. The van der Waals surface area contributed by atoms with Gasteiger partial charge < -0.3 is 14.5 Å². The van der Waals surface area contributed by atoms with Gasteiger partial charge in [-0.25, -0.2) is 4.98 Å². The van der Waals surface area contributed by atoms with Crippen LogP contribution in [0.25, 0.3) is 0 Å². The van der Waals surface area contributed by atoms with E-state index in [2.05, 4.69) is 28.7 Å². The Kier molecular flexibility index (Phi) is 4.99. The topological polar surface area (TPSA) is 75.6 Å². The standard InChI is InChI=1S/C16H21N5O/c1-12(2)15-18-6-8-21(15)7-4-5-19-16(22)14-9-13(10-17)11-20(14)3/h6,8-9,11-12H,4-5,7H2,1-3H3,(H,19,22). The Bertz CT molecular complexity index is 690. The Morgan fingerprint density at radius 2 is 2.27 bits per heavy atom. The molecule has 1 amide bonds. The van der Waals surface area contributed by atoms with Crippen LogP contribution in [-0.4, -0.2) is 26.6 Å². The average Bonchev–Trinajstić information content (AvgIpc) is 3.09. The molecule has 0 saturated heterocycles. The van der Waals surface area contributed by atoms with Crippen molar-refractivity contribution in [1.29, 1.82) is 5.26 Å². The lowest BCUT2D eigenvalue weighted by atomic mass is 10.2. The maximum atomic E-state index is 12.1. The highest BCUT2D eigenvalue weighted by molar-refractivity contribution is 5.93. The van der Waals surface area contributed by atoms with Crippen molar-refractivity contribution in [3.05, 3.63) is 41.7 Å². The van der Waals surface area contributed by atoms with Crippen LogP contribution in [0.2, 0.25) is 0 Å². The van der Waals surface area contributed by atoms with Crippen LogP contribution in [0.4, 0.5) is 0 Å². The molecule has 0 spiro atoms. The Morgan fingerprint density at radius 3 is 2.91 bits per heavy atom. The van der Waals surface area contributed by atoms with Crippen LogP contribution in [0.3, 0.4) is 0 Å². The largest absolute Gasteiger partial charge is 0.351 e. The van der Waals surface area contributed by atoms with Crippen molar-refractivity contribution in [1.82, 2.24) is 19.4 Å². The van der Waals surface area contributed by atoms with Gasteiger partial charge >= 0.3 is 0 Å². The third-order valence-electron chi connectivity index (χ3n) is 3.49. The lowest BCUT2D eigenvalue weighted by Gasteiger charge is -2.10. The summed E-state index contributed by atoms with van der Waals surface area (Å²) in [4.78, 5) is 16.4. The quantitative estimate of drug-likeness (QED) is 0.829. The number of nitrogens with one attached hydrogen (secondary N) is 1. The molecule has 22 heavy (non-hydrogen) atoms. The normalized spacial score (nSPS) is 10.7. The molecule has 0 aliphatic heterocycles. The fourth-order valence-corrected chi connectivity index (χ4v) is 2.40. The van der Waals surface area contributed by atoms with Gasteiger partial charge in [0, 0.05) is 44.6 Å². The van der Waals surface area contributed by atoms with Gasteiger partial charge in [-0.05, 0) is 12.5 Å². The zero-order valence-corrected chi connectivity index (χ0v) is 13.2. The van der Waals surface area contributed by atoms with E-state index in [1.807, 2.05) is 12.3 Å². The molecule has 6 heteroatoms. The van der Waals surface area contributed by atoms with Gasteiger partial charge in [-0.1, -0.05) is 13.8 Å². The van der Waals surface area contributed by atoms with E-state index in [0.717, 1.165) is 18.8 Å². The Labute approximate surface area is 130 Å². The number of hydrogen-bond acceptors (Lipinski definition) is 3. The van der Waals surface area contributed by atoms with Crippen molar-refractivity contribution < 1.29 is 4.79 Å². The summed E-state index contributed by atoms with van der Waals surface area (Å²) in [6.45, 7) is 5.64. The van der Waals surface area contributed by atoms with E-state index in [9.17, 15) is 4.79 Å². The summed E-state index contributed by atoms with van der Waals surface area (Å²) in [6, 6.07) is 3.63. The second-order valence-corrected chi connectivity index (χ2v) is 5.58. The first-order chi connectivity index (χ1) is 10.5. The molecule has 0 radical (unpaired) electrons. The molecule has 0 aliphatic carbocycles. The van der Waals surface area contributed by atoms with Crippen LogP contribution in [-0.2, 0) is 13.6 Å². The zero-order chi connectivity index (χ0) is 16.1. The molecular formula is C16H21N5O. The Morgan fingerprint density at radius 1 is 1.50 bits per heavy atom. The van der Waals surface area contributed by atoms with Crippen molar-refractivity contribution in [2.45, 2.75) is 32.7 Å². The van der Waals surface area contributed by atoms with Crippen LogP contribution in [0, 0.1) is 11.3 Å². The molecule has 1 N–H and O–H groups in total. The third kappa shape index (κ3) is 3.55. The van der Waals surface area contributed by atoms with E-state index in [1.165, 1.54) is 0 Å². The highest BCUT2D eigenvalue weighted by Gasteiger charge is 2.11. The van der Waals surface area contributed by atoms with E-state index >= 15 is 0 Å². The molecule has 2 aromatic rings. The maximum absolute atomic E-state index is 12.1. The second-order valence-electron chi connectivity index (χ2n) is 5.58. The molecule has 0 bridgehead atoms. The first-order valence-corrected chi connectivity index (χ1v) is 7.38. The van der Waals surface area contributed by atoms with Crippen LogP contribution in [0.1, 0.15) is 48.1 Å². The van der Waals surface area contributed by atoms with Gasteiger partial charge in [0.1, 0.15) is 17.6 Å². The van der Waals surface area contributed by atoms with Crippen molar-refractivity contribution >= 4 is 5.91 Å². The van der Waals surface area contributed by atoms with Gasteiger partial charge in [0.25, 0.3) is 5.91 Å². The molecule has 116 valence electrons. The number of carbonyl (C=O) groups is 1. The van der Waals surface area contributed by atoms with Gasteiger partial charge in [-0.15, -0.1) is 0 Å². The minimum atomic E-state index is -0.154. The molecule has 0 saturated carbocycles. The first kappa shape index (κ1) is 15.8. The lowest BCUT2D eigenvalue weighted by molar-refractivity contribution is 0.0944. The van der Waals surface area contributed by atoms with Gasteiger partial charge in [0.2, 0.25) is 0 Å². The van der Waals surface area contributed by atoms with Crippen molar-refractivity contribution in [2.24, 2.45) is 7.05 Å². The summed E-state index contributed by atoms with van der Waals surface area (Å²) in [7, 11) is 1.76. The molecule has 0 unspecified atom stereocenters. The number of imidazole rings is 1. The maximum Gasteiger partial charge on any atom is 0.267 e. The minimum absolute atomic E-state index is 0.154. The van der Waals surface area contributed by atoms with Gasteiger partial charge in [-0.3, -0.25) is 4.79 Å². The SMILES string of the molecule is CC(C)c1nccn1CCCNC(=O)c1cc(C#N)cn1C. The van der Waals surface area contributed by atoms with Gasteiger partial charge in [0.05, 0.1) is 5.56 Å². The fourth-order valence-electron chi connectivity index (χ4n) is 2.40. The van der Waals surface area contributed by atoms with Crippen LogP contribution in [0.5, 0.6) is 0 Å². The van der Waals surface area contributed by atoms with E-state index in [0.29, 0.717) is 23.7 Å². The summed E-state index contributed by atoms with van der Waals surface area (Å²) in [5.41, 5.74) is 0.995. The first-order valence-electron chi connectivity index (χ1n) is 7.38. The number of rotatable bonds is 6. The second kappa shape index (κ2) is 6.94. The van der Waals surface area contributed by atoms with Crippen LogP contribution < -0.4 is 5.32 Å². The van der Waals surface area contributed by atoms with Crippen molar-refractivity contribution in [3.63, 3.8) is 0 Å². The molecule has 2 aromatic heterocycles. The highest BCUT2D eigenvalue weighted by atomic mass is 16.1. The lowest BCUT2D eigenvalue weighted by Crippen LogP contribution is -2.27. The number of aromatic nitrogens is 3.